The molecule has 0 radical (unpaired) electrons. The highest BCUT2D eigenvalue weighted by atomic mass is 127. The van der Waals surface area contributed by atoms with Crippen LogP contribution in [-0.2, 0) is 18.2 Å². The van der Waals surface area contributed by atoms with E-state index in [0.29, 0.717) is 6.04 Å². The number of hydrogen-bond acceptors (Lipinski definition) is 3. The molecule has 1 aromatic rings. The van der Waals surface area contributed by atoms with Crippen molar-refractivity contribution in [1.82, 2.24) is 20.4 Å². The van der Waals surface area contributed by atoms with Gasteiger partial charge in [-0.25, -0.2) is 0 Å². The van der Waals surface area contributed by atoms with Crippen LogP contribution in [0.3, 0.4) is 0 Å². The van der Waals surface area contributed by atoms with E-state index in [-0.39, 0.29) is 29.4 Å². The van der Waals surface area contributed by atoms with E-state index in [1.807, 2.05) is 11.7 Å². The summed E-state index contributed by atoms with van der Waals surface area (Å²) in [6.45, 7) is 14.0. The molecular weight excluding hydrogens is 417 g/mol. The zero-order valence-electron chi connectivity index (χ0n) is 15.8. The van der Waals surface area contributed by atoms with Gasteiger partial charge in [0.05, 0.1) is 25.5 Å². The van der Waals surface area contributed by atoms with Crippen molar-refractivity contribution in [3.8, 4) is 0 Å². The molecule has 138 valence electrons. The van der Waals surface area contributed by atoms with E-state index in [1.165, 1.54) is 11.3 Å². The minimum Gasteiger partial charge on any atom is -0.380 e. The Labute approximate surface area is 162 Å². The van der Waals surface area contributed by atoms with Crippen molar-refractivity contribution in [3.63, 3.8) is 0 Å². The number of hydrogen-bond donors (Lipinski definition) is 2. The van der Waals surface area contributed by atoms with Gasteiger partial charge in [0.1, 0.15) is 0 Å². The number of ether oxygens (including phenoxy) is 1. The highest BCUT2D eigenvalue weighted by Crippen LogP contribution is 2.26. The molecule has 0 bridgehead atoms. The second-order valence-electron chi connectivity index (χ2n) is 7.02. The lowest BCUT2D eigenvalue weighted by Gasteiger charge is -2.36. The number of nitrogens with zero attached hydrogens (tertiary/aromatic N) is 3. The predicted molar refractivity (Wildman–Crippen MR) is 109 cm³/mol. The largest absolute Gasteiger partial charge is 0.380 e. The van der Waals surface area contributed by atoms with Crippen LogP contribution < -0.4 is 10.6 Å². The second-order valence-corrected chi connectivity index (χ2v) is 7.02. The summed E-state index contributed by atoms with van der Waals surface area (Å²) in [5.41, 5.74) is 3.86. The number of guanidine groups is 1. The topological polar surface area (TPSA) is 63.5 Å². The molecule has 0 spiro atoms. The van der Waals surface area contributed by atoms with E-state index >= 15 is 0 Å². The van der Waals surface area contributed by atoms with E-state index in [4.69, 9.17) is 9.73 Å². The molecule has 0 aliphatic carbocycles. The first-order chi connectivity index (χ1) is 10.8. The molecule has 0 saturated carbocycles. The third-order valence-electron chi connectivity index (χ3n) is 4.42. The summed E-state index contributed by atoms with van der Waals surface area (Å²) >= 11 is 0. The number of halogens is 1. The minimum atomic E-state index is 0. The Balaban J connectivity index is 0.00000288. The predicted octanol–water partition coefficient (Wildman–Crippen LogP) is 2.18. The molecule has 1 aliphatic rings. The zero-order chi connectivity index (χ0) is 17.0. The maximum absolute atomic E-state index is 5.30. The van der Waals surface area contributed by atoms with Gasteiger partial charge in [0.25, 0.3) is 0 Å². The van der Waals surface area contributed by atoms with Crippen molar-refractivity contribution in [2.24, 2.45) is 17.5 Å². The molecule has 1 aliphatic heterocycles. The standard InChI is InChI=1S/C17H31N5O.HI/c1-7-18-16(19-9-17(5)10-23-11-17)20-12(2)8-15-13(3)21-22(6)14(15)4;/h12H,7-11H2,1-6H3,(H2,18,19,20);1H. The van der Waals surface area contributed by atoms with Crippen molar-refractivity contribution in [2.75, 3.05) is 26.3 Å². The van der Waals surface area contributed by atoms with Crippen LogP contribution in [0.5, 0.6) is 0 Å². The molecule has 1 saturated heterocycles. The maximum atomic E-state index is 5.30. The molecule has 2 heterocycles. The molecule has 24 heavy (non-hydrogen) atoms. The Kier molecular flexibility index (Phi) is 7.98. The SMILES string of the molecule is CCNC(=NCC1(C)COC1)NC(C)Cc1c(C)nn(C)c1C.I. The first-order valence-corrected chi connectivity index (χ1v) is 8.46. The summed E-state index contributed by atoms with van der Waals surface area (Å²) in [6, 6.07) is 0.292. The van der Waals surface area contributed by atoms with Crippen molar-refractivity contribution in [2.45, 2.75) is 47.1 Å². The van der Waals surface area contributed by atoms with Crippen LogP contribution in [-0.4, -0.2) is 48.1 Å². The molecule has 0 amide bonds. The Bertz CT molecular complexity index is 566. The number of aromatic nitrogens is 2. The molecule has 1 atom stereocenters. The molecule has 0 aromatic carbocycles. The average Bonchev–Trinajstić information content (AvgIpc) is 2.69. The van der Waals surface area contributed by atoms with Crippen molar-refractivity contribution < 1.29 is 4.74 Å². The quantitative estimate of drug-likeness (QED) is 0.397. The number of rotatable bonds is 6. The van der Waals surface area contributed by atoms with E-state index in [9.17, 15) is 0 Å². The third kappa shape index (κ3) is 5.34. The maximum Gasteiger partial charge on any atom is 0.191 e. The highest BCUT2D eigenvalue weighted by molar-refractivity contribution is 14.0. The fraction of sp³-hybridized carbons (Fsp3) is 0.765. The Hall–Kier alpha value is -0.830. The summed E-state index contributed by atoms with van der Waals surface area (Å²) in [7, 11) is 2.00. The van der Waals surface area contributed by atoms with Crippen LogP contribution in [0.4, 0.5) is 0 Å². The van der Waals surface area contributed by atoms with Gasteiger partial charge >= 0.3 is 0 Å². The van der Waals surface area contributed by atoms with Gasteiger partial charge in [0.15, 0.2) is 5.96 Å². The van der Waals surface area contributed by atoms with Crippen molar-refractivity contribution in [1.29, 1.82) is 0 Å². The monoisotopic (exact) mass is 449 g/mol. The smallest absolute Gasteiger partial charge is 0.191 e. The van der Waals surface area contributed by atoms with Crippen LogP contribution in [0.15, 0.2) is 4.99 Å². The van der Waals surface area contributed by atoms with Crippen LogP contribution in [0.1, 0.15) is 37.7 Å². The van der Waals surface area contributed by atoms with Crippen LogP contribution >= 0.6 is 24.0 Å². The Morgan fingerprint density at radius 1 is 1.42 bits per heavy atom. The van der Waals surface area contributed by atoms with Gasteiger partial charge in [0.2, 0.25) is 0 Å². The molecule has 1 unspecified atom stereocenters. The number of aryl methyl sites for hydroxylation is 2. The fourth-order valence-electron chi connectivity index (χ4n) is 2.84. The molecule has 2 rings (SSSR count). The van der Waals surface area contributed by atoms with Gasteiger partial charge in [-0.3, -0.25) is 9.67 Å². The lowest BCUT2D eigenvalue weighted by Crippen LogP contribution is -2.46. The molecular formula is C17H32IN5O. The molecule has 1 aromatic heterocycles. The Morgan fingerprint density at radius 2 is 2.08 bits per heavy atom. The van der Waals surface area contributed by atoms with Gasteiger partial charge in [-0.15, -0.1) is 24.0 Å². The zero-order valence-corrected chi connectivity index (χ0v) is 18.1. The molecule has 6 nitrogen and oxygen atoms in total. The van der Waals surface area contributed by atoms with Crippen LogP contribution in [0.2, 0.25) is 0 Å². The summed E-state index contributed by atoms with van der Waals surface area (Å²) in [4.78, 5) is 4.73. The highest BCUT2D eigenvalue weighted by Gasteiger charge is 2.33. The molecule has 2 N–H and O–H groups in total. The van der Waals surface area contributed by atoms with E-state index in [0.717, 1.165) is 44.4 Å². The lowest BCUT2D eigenvalue weighted by atomic mass is 9.89. The summed E-state index contributed by atoms with van der Waals surface area (Å²) in [6.07, 6.45) is 0.941. The number of nitrogens with one attached hydrogen (secondary N) is 2. The first kappa shape index (κ1) is 21.2. The van der Waals surface area contributed by atoms with Gasteiger partial charge in [0, 0.05) is 30.7 Å². The van der Waals surface area contributed by atoms with Gasteiger partial charge in [-0.05, 0) is 39.7 Å². The second kappa shape index (κ2) is 9.03. The van der Waals surface area contributed by atoms with Gasteiger partial charge in [-0.2, -0.15) is 5.10 Å². The first-order valence-electron chi connectivity index (χ1n) is 8.46. The normalized spacial score (nSPS) is 17.7. The third-order valence-corrected chi connectivity index (χ3v) is 4.42. The van der Waals surface area contributed by atoms with Gasteiger partial charge in [-0.1, -0.05) is 6.92 Å². The number of aliphatic imine (C=N–C) groups is 1. The van der Waals surface area contributed by atoms with Crippen LogP contribution in [0, 0.1) is 19.3 Å². The summed E-state index contributed by atoms with van der Waals surface area (Å²) in [5.74, 6) is 0.882. The van der Waals surface area contributed by atoms with E-state index in [1.54, 1.807) is 0 Å². The summed E-state index contributed by atoms with van der Waals surface area (Å²) in [5, 5.41) is 11.3. The van der Waals surface area contributed by atoms with Crippen molar-refractivity contribution >= 4 is 29.9 Å². The molecule has 7 heteroatoms. The fourth-order valence-corrected chi connectivity index (χ4v) is 2.84. The Morgan fingerprint density at radius 3 is 2.54 bits per heavy atom. The van der Waals surface area contributed by atoms with E-state index < -0.39 is 0 Å². The van der Waals surface area contributed by atoms with E-state index in [2.05, 4.69) is 50.4 Å². The summed E-state index contributed by atoms with van der Waals surface area (Å²) < 4.78 is 7.25. The van der Waals surface area contributed by atoms with Crippen LogP contribution in [0.25, 0.3) is 0 Å². The van der Waals surface area contributed by atoms with Gasteiger partial charge < -0.3 is 15.4 Å². The van der Waals surface area contributed by atoms with Crippen molar-refractivity contribution in [3.05, 3.63) is 17.0 Å². The molecule has 1 fully saturated rings. The average molecular weight is 449 g/mol. The minimum absolute atomic E-state index is 0. The lowest BCUT2D eigenvalue weighted by molar-refractivity contribution is -0.0945.